The van der Waals surface area contributed by atoms with Gasteiger partial charge in [0.25, 0.3) is 0 Å². The van der Waals surface area contributed by atoms with Gasteiger partial charge in [-0.25, -0.2) is 0 Å². The fourth-order valence-corrected chi connectivity index (χ4v) is 2.40. The van der Waals surface area contributed by atoms with Crippen molar-refractivity contribution in [2.24, 2.45) is 5.11 Å². The SMILES string of the molecule is Cc1onc(C2CCCCC2)c1CN=[N+]=[N-]. The topological polar surface area (TPSA) is 74.8 Å². The predicted molar refractivity (Wildman–Crippen MR) is 59.9 cm³/mol. The average molecular weight is 220 g/mol. The first-order valence-electron chi connectivity index (χ1n) is 5.79. The molecule has 1 saturated carbocycles. The third-order valence-electron chi connectivity index (χ3n) is 3.30. The zero-order valence-corrected chi connectivity index (χ0v) is 9.52. The molecule has 0 unspecified atom stereocenters. The van der Waals surface area contributed by atoms with Crippen LogP contribution in [-0.4, -0.2) is 5.16 Å². The summed E-state index contributed by atoms with van der Waals surface area (Å²) in [7, 11) is 0. The molecule has 1 heterocycles. The van der Waals surface area contributed by atoms with Gasteiger partial charge in [-0.15, -0.1) is 0 Å². The minimum absolute atomic E-state index is 0.359. The summed E-state index contributed by atoms with van der Waals surface area (Å²) in [6, 6.07) is 0. The van der Waals surface area contributed by atoms with Crippen LogP contribution in [0, 0.1) is 6.92 Å². The van der Waals surface area contributed by atoms with Gasteiger partial charge in [-0.05, 0) is 25.3 Å². The monoisotopic (exact) mass is 220 g/mol. The minimum Gasteiger partial charge on any atom is -0.361 e. The van der Waals surface area contributed by atoms with Crippen molar-refractivity contribution in [1.29, 1.82) is 0 Å². The Hall–Kier alpha value is -1.48. The normalized spacial score (nSPS) is 17.1. The number of nitrogens with zero attached hydrogens (tertiary/aromatic N) is 4. The second kappa shape index (κ2) is 5.03. The van der Waals surface area contributed by atoms with Crippen LogP contribution in [-0.2, 0) is 6.54 Å². The van der Waals surface area contributed by atoms with E-state index in [0.717, 1.165) is 17.0 Å². The van der Waals surface area contributed by atoms with Crippen LogP contribution in [0.4, 0.5) is 0 Å². The van der Waals surface area contributed by atoms with Crippen molar-refractivity contribution in [3.63, 3.8) is 0 Å². The van der Waals surface area contributed by atoms with E-state index in [2.05, 4.69) is 15.2 Å². The molecule has 2 rings (SSSR count). The Labute approximate surface area is 94.4 Å². The van der Waals surface area contributed by atoms with E-state index in [-0.39, 0.29) is 0 Å². The highest BCUT2D eigenvalue weighted by molar-refractivity contribution is 5.25. The lowest BCUT2D eigenvalue weighted by atomic mass is 9.85. The second-order valence-corrected chi connectivity index (χ2v) is 4.33. The number of hydrogen-bond donors (Lipinski definition) is 0. The van der Waals surface area contributed by atoms with Gasteiger partial charge in [0, 0.05) is 16.4 Å². The number of aryl methyl sites for hydroxylation is 1. The number of aromatic nitrogens is 1. The van der Waals surface area contributed by atoms with Gasteiger partial charge in [0.2, 0.25) is 0 Å². The van der Waals surface area contributed by atoms with E-state index in [9.17, 15) is 0 Å². The Morgan fingerprint density at radius 3 is 2.88 bits per heavy atom. The zero-order chi connectivity index (χ0) is 11.4. The molecule has 0 saturated heterocycles. The summed E-state index contributed by atoms with van der Waals surface area (Å²) in [5.41, 5.74) is 10.4. The highest BCUT2D eigenvalue weighted by Crippen LogP contribution is 2.34. The van der Waals surface area contributed by atoms with E-state index >= 15 is 0 Å². The summed E-state index contributed by atoms with van der Waals surface area (Å²) in [6.45, 7) is 2.24. The maximum absolute atomic E-state index is 8.36. The van der Waals surface area contributed by atoms with Gasteiger partial charge in [-0.1, -0.05) is 29.5 Å². The lowest BCUT2D eigenvalue weighted by Gasteiger charge is -2.20. The van der Waals surface area contributed by atoms with Crippen molar-refractivity contribution >= 4 is 0 Å². The fraction of sp³-hybridized carbons (Fsp3) is 0.727. The molecule has 5 heteroatoms. The predicted octanol–water partition coefficient (Wildman–Crippen LogP) is 3.84. The summed E-state index contributed by atoms with van der Waals surface area (Å²) in [6.07, 6.45) is 6.19. The van der Waals surface area contributed by atoms with Gasteiger partial charge < -0.3 is 4.52 Å². The molecule has 16 heavy (non-hydrogen) atoms. The Morgan fingerprint density at radius 1 is 1.44 bits per heavy atom. The van der Waals surface area contributed by atoms with Crippen molar-refractivity contribution in [2.75, 3.05) is 0 Å². The molecule has 0 bridgehead atoms. The molecule has 0 atom stereocenters. The minimum atomic E-state index is 0.359. The molecule has 0 radical (unpaired) electrons. The molecule has 1 aromatic rings. The Kier molecular flexibility index (Phi) is 3.47. The van der Waals surface area contributed by atoms with Crippen LogP contribution in [0.15, 0.2) is 9.64 Å². The lowest BCUT2D eigenvalue weighted by molar-refractivity contribution is 0.367. The summed E-state index contributed by atoms with van der Waals surface area (Å²) in [5.74, 6) is 1.28. The van der Waals surface area contributed by atoms with Gasteiger partial charge in [-0.3, -0.25) is 0 Å². The highest BCUT2D eigenvalue weighted by Gasteiger charge is 2.23. The van der Waals surface area contributed by atoms with E-state index in [1.165, 1.54) is 32.1 Å². The van der Waals surface area contributed by atoms with Crippen molar-refractivity contribution < 1.29 is 4.52 Å². The fourth-order valence-electron chi connectivity index (χ4n) is 2.40. The number of rotatable bonds is 3. The third kappa shape index (κ3) is 2.19. The molecule has 0 amide bonds. The van der Waals surface area contributed by atoms with Gasteiger partial charge >= 0.3 is 0 Å². The summed E-state index contributed by atoms with van der Waals surface area (Å²) >= 11 is 0. The van der Waals surface area contributed by atoms with Crippen molar-refractivity contribution in [3.05, 3.63) is 27.5 Å². The van der Waals surface area contributed by atoms with Crippen LogP contribution in [0.2, 0.25) is 0 Å². The molecule has 1 fully saturated rings. The number of azide groups is 1. The molecule has 0 aliphatic heterocycles. The summed E-state index contributed by atoms with van der Waals surface area (Å²) in [4.78, 5) is 2.79. The Bertz CT molecular complexity index is 400. The molecule has 1 aliphatic carbocycles. The van der Waals surface area contributed by atoms with E-state index in [1.807, 2.05) is 6.92 Å². The van der Waals surface area contributed by atoms with Gasteiger partial charge in [0.05, 0.1) is 12.2 Å². The number of hydrogen-bond acceptors (Lipinski definition) is 3. The maximum Gasteiger partial charge on any atom is 0.137 e. The molecule has 1 aliphatic rings. The van der Waals surface area contributed by atoms with Crippen LogP contribution in [0.5, 0.6) is 0 Å². The molecule has 0 N–H and O–H groups in total. The molecule has 0 spiro atoms. The largest absolute Gasteiger partial charge is 0.361 e. The van der Waals surface area contributed by atoms with Gasteiger partial charge in [0.1, 0.15) is 5.76 Å². The standard InChI is InChI=1S/C11H16N4O/c1-8-10(7-13-15-12)11(14-16-8)9-5-3-2-4-6-9/h9H,2-7H2,1H3. The summed E-state index contributed by atoms with van der Waals surface area (Å²) < 4.78 is 5.21. The first-order chi connectivity index (χ1) is 7.83. The molecule has 86 valence electrons. The first-order valence-corrected chi connectivity index (χ1v) is 5.79. The van der Waals surface area contributed by atoms with E-state index in [0.29, 0.717) is 12.5 Å². The van der Waals surface area contributed by atoms with Crippen molar-refractivity contribution in [2.45, 2.75) is 51.5 Å². The molecule has 5 nitrogen and oxygen atoms in total. The lowest BCUT2D eigenvalue weighted by Crippen LogP contribution is -2.07. The average Bonchev–Trinajstić information content (AvgIpc) is 2.69. The molecule has 0 aromatic carbocycles. The zero-order valence-electron chi connectivity index (χ0n) is 9.52. The van der Waals surface area contributed by atoms with Crippen LogP contribution < -0.4 is 0 Å². The molecular weight excluding hydrogens is 204 g/mol. The van der Waals surface area contributed by atoms with Crippen LogP contribution in [0.3, 0.4) is 0 Å². The second-order valence-electron chi connectivity index (χ2n) is 4.33. The summed E-state index contributed by atoms with van der Waals surface area (Å²) in [5, 5.41) is 7.75. The van der Waals surface area contributed by atoms with Crippen molar-refractivity contribution in [3.8, 4) is 0 Å². The quantitative estimate of drug-likeness (QED) is 0.441. The Balaban J connectivity index is 2.21. The highest BCUT2D eigenvalue weighted by atomic mass is 16.5. The van der Waals surface area contributed by atoms with E-state index < -0.39 is 0 Å². The van der Waals surface area contributed by atoms with Gasteiger partial charge in [0.15, 0.2) is 0 Å². The maximum atomic E-state index is 8.36. The van der Waals surface area contributed by atoms with E-state index in [1.54, 1.807) is 0 Å². The third-order valence-corrected chi connectivity index (χ3v) is 3.30. The van der Waals surface area contributed by atoms with Gasteiger partial charge in [-0.2, -0.15) is 0 Å². The molecule has 1 aromatic heterocycles. The first kappa shape index (κ1) is 11.0. The molecular formula is C11H16N4O. The Morgan fingerprint density at radius 2 is 2.19 bits per heavy atom. The van der Waals surface area contributed by atoms with E-state index in [4.69, 9.17) is 10.1 Å². The van der Waals surface area contributed by atoms with Crippen LogP contribution in [0.25, 0.3) is 10.4 Å². The van der Waals surface area contributed by atoms with Crippen LogP contribution in [0.1, 0.15) is 55.0 Å². The van der Waals surface area contributed by atoms with Crippen molar-refractivity contribution in [1.82, 2.24) is 5.16 Å². The smallest absolute Gasteiger partial charge is 0.137 e. The van der Waals surface area contributed by atoms with Crippen LogP contribution >= 0.6 is 0 Å².